The summed E-state index contributed by atoms with van der Waals surface area (Å²) in [6.07, 6.45) is 0. The van der Waals surface area contributed by atoms with Crippen molar-refractivity contribution in [1.82, 2.24) is 0 Å². The van der Waals surface area contributed by atoms with Crippen molar-refractivity contribution >= 4 is 11.6 Å². The molecule has 94 valence electrons. The van der Waals surface area contributed by atoms with Crippen molar-refractivity contribution in [2.75, 3.05) is 0 Å². The second-order valence-electron chi connectivity index (χ2n) is 4.60. The van der Waals surface area contributed by atoms with Crippen LogP contribution >= 0.6 is 0 Å². The number of hydrogen-bond donors (Lipinski definition) is 0. The summed E-state index contributed by atoms with van der Waals surface area (Å²) in [5.41, 5.74) is 4.00. The van der Waals surface area contributed by atoms with E-state index in [1.54, 1.807) is 13.8 Å². The second kappa shape index (κ2) is 4.56. The van der Waals surface area contributed by atoms with Crippen LogP contribution in [0, 0.1) is 7.14 Å². The lowest BCUT2D eigenvalue weighted by molar-refractivity contribution is -0.589. The van der Waals surface area contributed by atoms with Crippen molar-refractivity contribution in [2.24, 2.45) is 0 Å². The average Bonchev–Trinajstić information content (AvgIpc) is 2.74. The van der Waals surface area contributed by atoms with Crippen LogP contribution in [0.5, 0.6) is 0 Å². The van der Waals surface area contributed by atoms with Crippen LogP contribution in [-0.2, 0) is 0 Å². The summed E-state index contributed by atoms with van der Waals surface area (Å²) >= 11 is -0.286. The highest BCUT2D eigenvalue weighted by Gasteiger charge is 2.34. The van der Waals surface area contributed by atoms with Crippen LogP contribution in [0.25, 0.3) is 11.1 Å². The summed E-state index contributed by atoms with van der Waals surface area (Å²) in [7, 11) is 0. The Morgan fingerprint density at radius 2 is 1.21 bits per heavy atom. The molecule has 0 N–H and O–H groups in total. The van der Waals surface area contributed by atoms with E-state index in [0.717, 1.165) is 11.1 Å². The minimum absolute atomic E-state index is 0.104. The Bertz CT molecular complexity index is 655. The van der Waals surface area contributed by atoms with Gasteiger partial charge in [0.15, 0.2) is 11.6 Å². The van der Waals surface area contributed by atoms with E-state index in [0.29, 0.717) is 0 Å². The lowest BCUT2D eigenvalue weighted by atomic mass is 10.0. The number of ketones is 2. The summed E-state index contributed by atoms with van der Waals surface area (Å²) in [6, 6.07) is 11.9. The smallest absolute Gasteiger partial charge is 0.295 e. The predicted octanol–water partition coefficient (Wildman–Crippen LogP) is 0.201. The van der Waals surface area contributed by atoms with Gasteiger partial charge in [-0.2, -0.15) is 0 Å². The van der Waals surface area contributed by atoms with E-state index in [1.165, 1.54) is 18.3 Å². The van der Waals surface area contributed by atoms with Crippen LogP contribution in [0.1, 0.15) is 34.6 Å². The largest absolute Gasteiger partial charge is 0.359 e. The molecule has 2 nitrogen and oxygen atoms in total. The molecule has 0 radical (unpaired) electrons. The molecule has 0 saturated carbocycles. The van der Waals surface area contributed by atoms with Crippen molar-refractivity contribution in [3.05, 3.63) is 54.7 Å². The van der Waals surface area contributed by atoms with Gasteiger partial charge in [0.05, 0.1) is 0 Å². The molecule has 3 rings (SSSR count). The van der Waals surface area contributed by atoms with E-state index in [4.69, 9.17) is 0 Å². The van der Waals surface area contributed by atoms with Gasteiger partial charge in [0.25, 0.3) is 0 Å². The molecule has 0 fully saturated rings. The molecule has 19 heavy (non-hydrogen) atoms. The number of fused-ring (bicyclic) bond motifs is 3. The Morgan fingerprint density at radius 3 is 1.58 bits per heavy atom. The fourth-order valence-electron chi connectivity index (χ4n) is 2.17. The predicted molar refractivity (Wildman–Crippen MR) is 69.3 cm³/mol. The van der Waals surface area contributed by atoms with Gasteiger partial charge in [-0.05, 0) is 26.0 Å². The first-order chi connectivity index (χ1) is 9.06. The van der Waals surface area contributed by atoms with Crippen LogP contribution < -0.4 is 21.2 Å². The van der Waals surface area contributed by atoms with E-state index in [-0.39, 0.29) is 32.8 Å². The SMILES string of the molecule is CC(=O)c1ccc2c(c1)[I+]c1cc(C(C)=O)ccc1-2. The maximum Gasteiger partial charge on any atom is 0.359 e. The zero-order valence-electron chi connectivity index (χ0n) is 10.7. The van der Waals surface area contributed by atoms with Gasteiger partial charge in [-0.15, -0.1) is 0 Å². The highest BCUT2D eigenvalue weighted by atomic mass is 127. The standard InChI is InChI=1S/C16H12IO2/c1-9(18)11-3-5-13-14-6-4-12(10(2)19)8-16(14)17-15(13)7-11/h3-8H,1-2H3/q+1. The summed E-state index contributed by atoms with van der Waals surface area (Å²) in [4.78, 5) is 22.9. The monoisotopic (exact) mass is 363 g/mol. The number of carbonyl (C=O) groups is 2. The molecular formula is C16H12IO2+. The molecule has 0 spiro atoms. The molecule has 1 heterocycles. The van der Waals surface area contributed by atoms with E-state index in [1.807, 2.05) is 36.4 Å². The topological polar surface area (TPSA) is 34.1 Å². The molecule has 0 aromatic heterocycles. The summed E-state index contributed by atoms with van der Waals surface area (Å²) < 4.78 is 2.56. The zero-order valence-corrected chi connectivity index (χ0v) is 12.8. The van der Waals surface area contributed by atoms with Crippen molar-refractivity contribution < 1.29 is 30.8 Å². The van der Waals surface area contributed by atoms with Crippen LogP contribution in [-0.4, -0.2) is 11.6 Å². The zero-order chi connectivity index (χ0) is 13.6. The molecule has 0 amide bonds. The molecule has 1 aliphatic heterocycles. The Kier molecular flexibility index (Phi) is 3.01. The van der Waals surface area contributed by atoms with Gasteiger partial charge in [0, 0.05) is 34.4 Å². The minimum Gasteiger partial charge on any atom is -0.295 e. The Balaban J connectivity index is 2.10. The number of carbonyl (C=O) groups excluding carboxylic acids is 2. The fraction of sp³-hybridized carbons (Fsp3) is 0.125. The molecule has 2 aromatic carbocycles. The van der Waals surface area contributed by atoms with Crippen LogP contribution in [0.4, 0.5) is 0 Å². The van der Waals surface area contributed by atoms with E-state index in [2.05, 4.69) is 0 Å². The Hall–Kier alpha value is -1.49. The maximum absolute atomic E-state index is 11.4. The molecule has 0 aliphatic carbocycles. The third-order valence-corrected chi connectivity index (χ3v) is 6.19. The number of Topliss-reactive ketones (excluding diaryl/α,β-unsaturated/α-hetero) is 2. The van der Waals surface area contributed by atoms with E-state index >= 15 is 0 Å². The lowest BCUT2D eigenvalue weighted by Gasteiger charge is -1.98. The average molecular weight is 363 g/mol. The molecule has 0 unspecified atom stereocenters. The van der Waals surface area contributed by atoms with Gasteiger partial charge < -0.3 is 0 Å². The van der Waals surface area contributed by atoms with Gasteiger partial charge in [-0.3, -0.25) is 9.59 Å². The highest BCUT2D eigenvalue weighted by molar-refractivity contribution is 5.95. The minimum atomic E-state index is -0.286. The quantitative estimate of drug-likeness (QED) is 0.482. The summed E-state index contributed by atoms with van der Waals surface area (Å²) in [5.74, 6) is 0.208. The molecule has 1 aliphatic rings. The van der Waals surface area contributed by atoms with Gasteiger partial charge >= 0.3 is 21.2 Å². The molecule has 0 bridgehead atoms. The molecular weight excluding hydrogens is 351 g/mol. The van der Waals surface area contributed by atoms with Crippen molar-refractivity contribution in [1.29, 1.82) is 0 Å². The van der Waals surface area contributed by atoms with Crippen LogP contribution in [0.3, 0.4) is 0 Å². The second-order valence-corrected chi connectivity index (χ2v) is 7.46. The summed E-state index contributed by atoms with van der Waals surface area (Å²) in [5, 5.41) is 0. The number of benzene rings is 2. The van der Waals surface area contributed by atoms with Gasteiger partial charge in [0.1, 0.15) is 0 Å². The van der Waals surface area contributed by atoms with E-state index in [9.17, 15) is 9.59 Å². The number of hydrogen-bond acceptors (Lipinski definition) is 2. The summed E-state index contributed by atoms with van der Waals surface area (Å²) in [6.45, 7) is 3.19. The van der Waals surface area contributed by atoms with Gasteiger partial charge in [-0.25, -0.2) is 0 Å². The van der Waals surface area contributed by atoms with Crippen molar-refractivity contribution in [3.63, 3.8) is 0 Å². The first-order valence-electron chi connectivity index (χ1n) is 6.01. The third-order valence-electron chi connectivity index (χ3n) is 3.24. The Labute approximate surface area is 122 Å². The molecule has 3 heteroatoms. The third kappa shape index (κ3) is 2.12. The highest BCUT2D eigenvalue weighted by Crippen LogP contribution is 2.24. The van der Waals surface area contributed by atoms with Gasteiger partial charge in [-0.1, -0.05) is 12.1 Å². The van der Waals surface area contributed by atoms with Crippen molar-refractivity contribution in [2.45, 2.75) is 13.8 Å². The molecule has 2 aromatic rings. The van der Waals surface area contributed by atoms with Crippen LogP contribution in [0.15, 0.2) is 36.4 Å². The lowest BCUT2D eigenvalue weighted by Crippen LogP contribution is -3.61. The van der Waals surface area contributed by atoms with E-state index < -0.39 is 0 Å². The molecule has 0 atom stereocenters. The van der Waals surface area contributed by atoms with Gasteiger partial charge in [0.2, 0.25) is 7.14 Å². The normalized spacial score (nSPS) is 11.9. The Morgan fingerprint density at radius 1 is 0.789 bits per heavy atom. The van der Waals surface area contributed by atoms with Crippen molar-refractivity contribution in [3.8, 4) is 11.1 Å². The fourth-order valence-corrected chi connectivity index (χ4v) is 5.30. The first kappa shape index (κ1) is 12.5. The first-order valence-corrected chi connectivity index (χ1v) is 8.17. The molecule has 0 saturated heterocycles. The van der Waals surface area contributed by atoms with Crippen LogP contribution in [0.2, 0.25) is 0 Å². The maximum atomic E-state index is 11.4. The number of rotatable bonds is 2. The number of halogens is 1.